The molecule has 0 aliphatic rings. The molecule has 0 unspecified atom stereocenters. The van der Waals surface area contributed by atoms with E-state index in [4.69, 9.17) is 0 Å². The van der Waals surface area contributed by atoms with E-state index in [1.807, 2.05) is 6.26 Å². The molecule has 4 heteroatoms. The number of aromatic nitrogens is 3. The smallest absolute Gasteiger partial charge is 0.208 e. The number of hydrogen-bond donors (Lipinski definition) is 1. The minimum absolute atomic E-state index is 0.857. The Bertz CT molecular complexity index is 260. The first-order valence-corrected chi connectivity index (χ1v) is 7.04. The van der Waals surface area contributed by atoms with Crippen LogP contribution in [0.3, 0.4) is 0 Å². The fraction of sp³-hybridized carbons (Fsp3) is 0.818. The molecule has 1 heterocycles. The van der Waals surface area contributed by atoms with Crippen LogP contribution in [0, 0.1) is 0 Å². The van der Waals surface area contributed by atoms with E-state index >= 15 is 0 Å². The molecule has 0 spiro atoms. The van der Waals surface area contributed by atoms with Gasteiger partial charge in [0.2, 0.25) is 5.16 Å². The Balaban J connectivity index is 2.04. The molecule has 0 saturated heterocycles. The van der Waals surface area contributed by atoms with Crippen molar-refractivity contribution < 1.29 is 0 Å². The van der Waals surface area contributed by atoms with Crippen LogP contribution in [-0.4, -0.2) is 21.4 Å². The van der Waals surface area contributed by atoms with E-state index in [0.29, 0.717) is 0 Å². The first-order valence-electron chi connectivity index (χ1n) is 5.82. The Morgan fingerprint density at radius 3 is 2.53 bits per heavy atom. The maximum absolute atomic E-state index is 4.36. The normalized spacial score (nSPS) is 10.8. The molecule has 0 aliphatic carbocycles. The van der Waals surface area contributed by atoms with Crippen molar-refractivity contribution in [2.75, 3.05) is 6.26 Å². The molecule has 0 aliphatic heterocycles. The molecular weight excluding hydrogens is 206 g/mol. The van der Waals surface area contributed by atoms with E-state index in [1.54, 1.807) is 11.8 Å². The lowest BCUT2D eigenvalue weighted by molar-refractivity contribution is 0.601. The zero-order valence-electron chi connectivity index (χ0n) is 9.75. The molecule has 1 aromatic rings. The van der Waals surface area contributed by atoms with Crippen molar-refractivity contribution in [2.45, 2.75) is 57.0 Å². The second kappa shape index (κ2) is 7.74. The molecule has 0 aromatic carbocycles. The summed E-state index contributed by atoms with van der Waals surface area (Å²) < 4.78 is 0. The maximum atomic E-state index is 4.36. The van der Waals surface area contributed by atoms with Crippen LogP contribution in [0.1, 0.15) is 51.3 Å². The lowest BCUT2D eigenvalue weighted by Crippen LogP contribution is -1.89. The van der Waals surface area contributed by atoms with Crippen molar-refractivity contribution in [3.8, 4) is 0 Å². The van der Waals surface area contributed by atoms with E-state index in [2.05, 4.69) is 22.1 Å². The van der Waals surface area contributed by atoms with Gasteiger partial charge in [-0.05, 0) is 12.7 Å². The second-order valence-electron chi connectivity index (χ2n) is 3.79. The highest BCUT2D eigenvalue weighted by Crippen LogP contribution is 2.10. The number of thioether (sulfide) groups is 1. The van der Waals surface area contributed by atoms with Crippen molar-refractivity contribution in [1.82, 2.24) is 15.2 Å². The Hall–Kier alpha value is -0.510. The average Bonchev–Trinajstić information content (AvgIpc) is 2.71. The zero-order chi connectivity index (χ0) is 10.9. The van der Waals surface area contributed by atoms with Gasteiger partial charge in [-0.15, -0.1) is 5.10 Å². The molecule has 0 fully saturated rings. The fourth-order valence-corrected chi connectivity index (χ4v) is 1.89. The molecule has 0 amide bonds. The number of aromatic amines is 1. The molecule has 0 bridgehead atoms. The molecule has 1 rings (SSSR count). The summed E-state index contributed by atoms with van der Waals surface area (Å²) in [6.45, 7) is 2.25. The predicted octanol–water partition coefficient (Wildman–Crippen LogP) is 3.43. The van der Waals surface area contributed by atoms with E-state index in [1.165, 1.54) is 38.5 Å². The molecule has 1 N–H and O–H groups in total. The van der Waals surface area contributed by atoms with Gasteiger partial charge in [0.25, 0.3) is 0 Å². The topological polar surface area (TPSA) is 41.6 Å². The van der Waals surface area contributed by atoms with Crippen LogP contribution in [0.5, 0.6) is 0 Å². The summed E-state index contributed by atoms with van der Waals surface area (Å²) in [6.07, 6.45) is 11.0. The van der Waals surface area contributed by atoms with Gasteiger partial charge in [0.05, 0.1) is 0 Å². The minimum Gasteiger partial charge on any atom is -0.262 e. The van der Waals surface area contributed by atoms with E-state index < -0.39 is 0 Å². The third kappa shape index (κ3) is 5.21. The molecular formula is C11H21N3S. The van der Waals surface area contributed by atoms with Crippen molar-refractivity contribution >= 4 is 11.8 Å². The molecule has 15 heavy (non-hydrogen) atoms. The summed E-state index contributed by atoms with van der Waals surface area (Å²) >= 11 is 1.59. The number of aryl methyl sites for hydroxylation is 1. The summed E-state index contributed by atoms with van der Waals surface area (Å²) in [7, 11) is 0. The van der Waals surface area contributed by atoms with Crippen molar-refractivity contribution in [3.63, 3.8) is 0 Å². The molecule has 0 saturated carbocycles. The standard InChI is InChI=1S/C11H21N3S/c1-3-4-5-6-7-8-9-10-12-11(15-2)14-13-10/h3-9H2,1-2H3,(H,12,13,14). The Morgan fingerprint density at radius 2 is 1.87 bits per heavy atom. The Kier molecular flexibility index (Phi) is 6.48. The number of hydrogen-bond acceptors (Lipinski definition) is 3. The molecule has 1 aromatic heterocycles. The van der Waals surface area contributed by atoms with Crippen LogP contribution in [-0.2, 0) is 6.42 Å². The van der Waals surface area contributed by atoms with Crippen LogP contribution in [0.4, 0.5) is 0 Å². The molecule has 3 nitrogen and oxygen atoms in total. The maximum Gasteiger partial charge on any atom is 0.208 e. The van der Waals surface area contributed by atoms with Gasteiger partial charge in [0.1, 0.15) is 5.82 Å². The Labute approximate surface area is 96.5 Å². The van der Waals surface area contributed by atoms with E-state index in [-0.39, 0.29) is 0 Å². The third-order valence-electron chi connectivity index (χ3n) is 2.46. The molecule has 0 radical (unpaired) electrons. The van der Waals surface area contributed by atoms with Crippen LogP contribution in [0.2, 0.25) is 0 Å². The van der Waals surface area contributed by atoms with Crippen molar-refractivity contribution in [2.24, 2.45) is 0 Å². The highest BCUT2D eigenvalue weighted by molar-refractivity contribution is 7.98. The van der Waals surface area contributed by atoms with Crippen molar-refractivity contribution in [1.29, 1.82) is 0 Å². The minimum atomic E-state index is 0.857. The summed E-state index contributed by atoms with van der Waals surface area (Å²) in [4.78, 5) is 4.36. The fourth-order valence-electron chi connectivity index (χ4n) is 1.55. The number of rotatable bonds is 8. The number of nitrogens with one attached hydrogen (secondary N) is 1. The average molecular weight is 227 g/mol. The van der Waals surface area contributed by atoms with Crippen molar-refractivity contribution in [3.05, 3.63) is 5.82 Å². The van der Waals surface area contributed by atoms with Gasteiger partial charge in [0, 0.05) is 6.42 Å². The van der Waals surface area contributed by atoms with Crippen LogP contribution in [0.15, 0.2) is 5.16 Å². The first kappa shape index (κ1) is 12.6. The lowest BCUT2D eigenvalue weighted by atomic mass is 10.1. The number of unbranched alkanes of at least 4 members (excludes halogenated alkanes) is 5. The summed E-state index contributed by atoms with van der Waals surface area (Å²) in [6, 6.07) is 0. The van der Waals surface area contributed by atoms with E-state index in [0.717, 1.165) is 17.4 Å². The van der Waals surface area contributed by atoms with Gasteiger partial charge in [-0.25, -0.2) is 4.98 Å². The van der Waals surface area contributed by atoms with Gasteiger partial charge in [-0.2, -0.15) is 0 Å². The first-order chi connectivity index (χ1) is 7.36. The monoisotopic (exact) mass is 227 g/mol. The van der Waals surface area contributed by atoms with Gasteiger partial charge in [-0.3, -0.25) is 5.10 Å². The number of H-pyrrole nitrogens is 1. The quantitative estimate of drug-likeness (QED) is 0.546. The summed E-state index contributed by atoms with van der Waals surface area (Å²) in [5, 5.41) is 7.92. The summed E-state index contributed by atoms with van der Waals surface area (Å²) in [5.74, 6) is 1.04. The molecule has 0 atom stereocenters. The number of nitrogens with zero attached hydrogens (tertiary/aromatic N) is 2. The van der Waals surface area contributed by atoms with Crippen LogP contribution in [0.25, 0.3) is 0 Å². The predicted molar refractivity (Wildman–Crippen MR) is 65.2 cm³/mol. The Morgan fingerprint density at radius 1 is 1.13 bits per heavy atom. The van der Waals surface area contributed by atoms with Crippen LogP contribution >= 0.6 is 11.8 Å². The highest BCUT2D eigenvalue weighted by Gasteiger charge is 2.00. The van der Waals surface area contributed by atoms with Crippen LogP contribution < -0.4 is 0 Å². The van der Waals surface area contributed by atoms with Gasteiger partial charge in [0.15, 0.2) is 0 Å². The largest absolute Gasteiger partial charge is 0.262 e. The molecule has 86 valence electrons. The lowest BCUT2D eigenvalue weighted by Gasteiger charge is -1.98. The SMILES string of the molecule is CCCCCCCCc1nc(SC)n[nH]1. The van der Waals surface area contributed by atoms with Gasteiger partial charge < -0.3 is 0 Å². The van der Waals surface area contributed by atoms with E-state index in [9.17, 15) is 0 Å². The zero-order valence-corrected chi connectivity index (χ0v) is 10.6. The highest BCUT2D eigenvalue weighted by atomic mass is 32.2. The summed E-state index contributed by atoms with van der Waals surface area (Å²) in [5.41, 5.74) is 0. The van der Waals surface area contributed by atoms with Gasteiger partial charge >= 0.3 is 0 Å². The second-order valence-corrected chi connectivity index (χ2v) is 4.56. The third-order valence-corrected chi connectivity index (χ3v) is 3.01. The van der Waals surface area contributed by atoms with Gasteiger partial charge in [-0.1, -0.05) is 50.8 Å².